The van der Waals surface area contributed by atoms with E-state index in [2.05, 4.69) is 14.7 Å². The third kappa shape index (κ3) is 3.83. The third-order valence-corrected chi connectivity index (χ3v) is 5.79. The van der Waals surface area contributed by atoms with Gasteiger partial charge in [0.2, 0.25) is 15.8 Å². The highest BCUT2D eigenvalue weighted by atomic mass is 32.2. The van der Waals surface area contributed by atoms with Crippen molar-refractivity contribution in [3.05, 3.63) is 35.7 Å². The number of hydrogen-bond donors (Lipinski definition) is 0. The Kier molecular flexibility index (Phi) is 4.56. The molecule has 0 radical (unpaired) electrons. The first kappa shape index (κ1) is 17.8. The highest BCUT2D eigenvalue weighted by molar-refractivity contribution is 7.89. The fourth-order valence-corrected chi connectivity index (χ4v) is 3.76. The molecule has 11 heteroatoms. The van der Waals surface area contributed by atoms with Crippen LogP contribution in [0.15, 0.2) is 28.8 Å². The van der Waals surface area contributed by atoms with E-state index in [9.17, 15) is 21.6 Å². The molecule has 1 aliphatic rings. The van der Waals surface area contributed by atoms with Crippen LogP contribution in [0.3, 0.4) is 0 Å². The Hall–Kier alpha value is -1.98. The van der Waals surface area contributed by atoms with Gasteiger partial charge in [0, 0.05) is 5.56 Å². The van der Waals surface area contributed by atoms with Crippen LogP contribution >= 0.6 is 0 Å². The predicted octanol–water partition coefficient (Wildman–Crippen LogP) is 2.61. The molecule has 3 rings (SSSR count). The quantitative estimate of drug-likeness (QED) is 0.720. The molecule has 0 spiro atoms. The van der Waals surface area contributed by atoms with Crippen molar-refractivity contribution >= 4 is 10.0 Å². The first-order chi connectivity index (χ1) is 11.7. The molecular weight excluding hydrogens is 363 g/mol. The van der Waals surface area contributed by atoms with E-state index in [1.807, 2.05) is 0 Å². The zero-order valence-corrected chi connectivity index (χ0v) is 13.8. The van der Waals surface area contributed by atoms with Gasteiger partial charge in [0.05, 0.1) is 18.9 Å². The van der Waals surface area contributed by atoms with Crippen LogP contribution < -0.4 is 0 Å². The summed E-state index contributed by atoms with van der Waals surface area (Å²) in [7, 11) is -2.23. The van der Waals surface area contributed by atoms with Crippen LogP contribution in [0.2, 0.25) is 0 Å². The maximum Gasteiger partial charge on any atom is 0.471 e. The number of rotatable bonds is 6. The van der Waals surface area contributed by atoms with E-state index < -0.39 is 27.3 Å². The summed E-state index contributed by atoms with van der Waals surface area (Å²) < 4.78 is 66.9. The lowest BCUT2D eigenvalue weighted by molar-refractivity contribution is -0.159. The number of sulfonamides is 1. The first-order valence-corrected chi connectivity index (χ1v) is 8.78. The van der Waals surface area contributed by atoms with E-state index >= 15 is 0 Å². The fourth-order valence-electron chi connectivity index (χ4n) is 2.15. The van der Waals surface area contributed by atoms with E-state index in [4.69, 9.17) is 4.84 Å². The maximum atomic E-state index is 12.5. The molecule has 1 fully saturated rings. The average Bonchev–Trinajstić information content (AvgIpc) is 3.30. The Bertz CT molecular complexity index is 845. The van der Waals surface area contributed by atoms with Crippen molar-refractivity contribution in [3.8, 4) is 11.4 Å². The number of aromatic nitrogens is 2. The average molecular weight is 377 g/mol. The molecule has 0 amide bonds. The van der Waals surface area contributed by atoms with Crippen LogP contribution in [0.4, 0.5) is 13.2 Å². The molecule has 0 bridgehead atoms. The van der Waals surface area contributed by atoms with Crippen molar-refractivity contribution in [2.75, 3.05) is 7.11 Å². The van der Waals surface area contributed by atoms with Crippen molar-refractivity contribution in [2.24, 2.45) is 0 Å². The van der Waals surface area contributed by atoms with Gasteiger partial charge in [0.1, 0.15) is 0 Å². The standard InChI is InChI=1S/C14H14F3N3O4S/c1-23-20(25(21,22)11-6-7-11)8-9-2-4-10(5-3-9)12-18-13(24-19-12)14(15,16)17/h2-5,11H,6-8H2,1H3. The minimum absolute atomic E-state index is 0.00431. The van der Waals surface area contributed by atoms with Gasteiger partial charge in [0.15, 0.2) is 0 Å². The Balaban J connectivity index is 1.75. The van der Waals surface area contributed by atoms with E-state index in [0.717, 1.165) is 4.47 Å². The molecule has 25 heavy (non-hydrogen) atoms. The molecular formula is C14H14F3N3O4S. The van der Waals surface area contributed by atoms with Gasteiger partial charge in [-0.3, -0.25) is 4.84 Å². The van der Waals surface area contributed by atoms with Gasteiger partial charge in [-0.05, 0) is 18.4 Å². The summed E-state index contributed by atoms with van der Waals surface area (Å²) in [5, 5.41) is 2.88. The summed E-state index contributed by atoms with van der Waals surface area (Å²) in [6.45, 7) is -0.00431. The number of hydroxylamine groups is 1. The highest BCUT2D eigenvalue weighted by Crippen LogP contribution is 2.32. The molecule has 1 aromatic carbocycles. The molecule has 2 aromatic rings. The molecule has 136 valence electrons. The Morgan fingerprint density at radius 1 is 1.28 bits per heavy atom. The van der Waals surface area contributed by atoms with Gasteiger partial charge in [-0.15, -0.1) is 0 Å². The van der Waals surface area contributed by atoms with Crippen molar-refractivity contribution in [3.63, 3.8) is 0 Å². The molecule has 1 saturated carbocycles. The van der Waals surface area contributed by atoms with Crippen molar-refractivity contribution in [2.45, 2.75) is 30.8 Å². The summed E-state index contributed by atoms with van der Waals surface area (Å²) in [5.74, 6) is -1.62. The van der Waals surface area contributed by atoms with E-state index in [1.165, 1.54) is 19.2 Å². The Morgan fingerprint density at radius 3 is 2.40 bits per heavy atom. The SMILES string of the molecule is CON(Cc1ccc(-c2noc(C(F)(F)F)n2)cc1)S(=O)(=O)C1CC1. The second-order valence-corrected chi connectivity index (χ2v) is 7.61. The van der Waals surface area contributed by atoms with E-state index in [-0.39, 0.29) is 12.4 Å². The van der Waals surface area contributed by atoms with E-state index in [1.54, 1.807) is 12.1 Å². The molecule has 0 atom stereocenters. The van der Waals surface area contributed by atoms with E-state index in [0.29, 0.717) is 24.0 Å². The van der Waals surface area contributed by atoms with Crippen LogP contribution in [0.1, 0.15) is 24.3 Å². The normalized spacial score (nSPS) is 15.7. The molecule has 0 unspecified atom stereocenters. The zero-order chi connectivity index (χ0) is 18.2. The van der Waals surface area contributed by atoms with Crippen LogP contribution in [0.5, 0.6) is 0 Å². The van der Waals surface area contributed by atoms with Gasteiger partial charge in [-0.2, -0.15) is 18.2 Å². The van der Waals surface area contributed by atoms with Gasteiger partial charge in [-0.25, -0.2) is 8.42 Å². The Labute approximate surface area is 141 Å². The van der Waals surface area contributed by atoms with Gasteiger partial charge in [-0.1, -0.05) is 33.9 Å². The summed E-state index contributed by atoms with van der Waals surface area (Å²) in [6, 6.07) is 6.09. The van der Waals surface area contributed by atoms with Gasteiger partial charge < -0.3 is 4.52 Å². The Morgan fingerprint density at radius 2 is 1.92 bits per heavy atom. The fraction of sp³-hybridized carbons (Fsp3) is 0.429. The number of nitrogens with zero attached hydrogens (tertiary/aromatic N) is 3. The third-order valence-electron chi connectivity index (χ3n) is 3.63. The van der Waals surface area contributed by atoms with Gasteiger partial charge >= 0.3 is 12.1 Å². The topological polar surface area (TPSA) is 85.5 Å². The number of hydrogen-bond acceptors (Lipinski definition) is 6. The molecule has 1 aliphatic carbocycles. The second kappa shape index (κ2) is 6.39. The lowest BCUT2D eigenvalue weighted by Gasteiger charge is -2.19. The molecule has 0 N–H and O–H groups in total. The minimum Gasteiger partial charge on any atom is -0.329 e. The monoisotopic (exact) mass is 377 g/mol. The summed E-state index contributed by atoms with van der Waals surface area (Å²) in [4.78, 5) is 8.25. The molecule has 1 heterocycles. The minimum atomic E-state index is -4.71. The summed E-state index contributed by atoms with van der Waals surface area (Å²) >= 11 is 0. The lowest BCUT2D eigenvalue weighted by Crippen LogP contribution is -2.32. The molecule has 1 aromatic heterocycles. The number of halogens is 3. The number of benzene rings is 1. The summed E-state index contributed by atoms with van der Waals surface area (Å²) in [6.07, 6.45) is -3.48. The summed E-state index contributed by atoms with van der Waals surface area (Å²) in [5.41, 5.74) is 0.923. The molecule has 0 aliphatic heterocycles. The van der Waals surface area contributed by atoms with Crippen LogP contribution in [0, 0.1) is 0 Å². The first-order valence-electron chi connectivity index (χ1n) is 7.27. The molecule has 0 saturated heterocycles. The molecule has 7 nitrogen and oxygen atoms in total. The highest BCUT2D eigenvalue weighted by Gasteiger charge is 2.41. The maximum absolute atomic E-state index is 12.5. The van der Waals surface area contributed by atoms with Crippen molar-refractivity contribution in [1.82, 2.24) is 14.6 Å². The predicted molar refractivity (Wildman–Crippen MR) is 79.2 cm³/mol. The van der Waals surface area contributed by atoms with Crippen LogP contribution in [-0.2, 0) is 27.6 Å². The van der Waals surface area contributed by atoms with Crippen molar-refractivity contribution < 1.29 is 30.9 Å². The smallest absolute Gasteiger partial charge is 0.329 e. The van der Waals surface area contributed by atoms with Crippen LogP contribution in [-0.4, -0.2) is 35.4 Å². The number of alkyl halides is 3. The van der Waals surface area contributed by atoms with Crippen LogP contribution in [0.25, 0.3) is 11.4 Å². The second-order valence-electron chi connectivity index (χ2n) is 5.51. The largest absolute Gasteiger partial charge is 0.471 e. The van der Waals surface area contributed by atoms with Gasteiger partial charge in [0.25, 0.3) is 0 Å². The lowest BCUT2D eigenvalue weighted by atomic mass is 10.1. The zero-order valence-electron chi connectivity index (χ0n) is 13.0. The van der Waals surface area contributed by atoms with Crippen molar-refractivity contribution in [1.29, 1.82) is 0 Å².